The summed E-state index contributed by atoms with van der Waals surface area (Å²) in [4.78, 5) is 9.96. The third kappa shape index (κ3) is 2.99. The quantitative estimate of drug-likeness (QED) is 0.312. The summed E-state index contributed by atoms with van der Waals surface area (Å²) < 4.78 is 6.17. The van der Waals surface area contributed by atoms with E-state index >= 15 is 0 Å². The number of aromatic nitrogens is 2. The summed E-state index contributed by atoms with van der Waals surface area (Å²) in [6, 6.07) is 36.9. The zero-order valence-corrected chi connectivity index (χ0v) is 16.7. The molecule has 2 heterocycles. The number of hydrogen-bond acceptors (Lipinski definition) is 3. The van der Waals surface area contributed by atoms with Crippen LogP contribution in [0.25, 0.3) is 55.8 Å². The number of benzene rings is 4. The first-order valence-corrected chi connectivity index (χ1v) is 10.3. The molecule has 0 N–H and O–H groups in total. The van der Waals surface area contributed by atoms with Crippen molar-refractivity contribution in [2.24, 2.45) is 0 Å². The molecule has 0 aliphatic rings. The van der Waals surface area contributed by atoms with E-state index in [-0.39, 0.29) is 0 Å². The van der Waals surface area contributed by atoms with Crippen molar-refractivity contribution in [3.8, 4) is 33.8 Å². The highest BCUT2D eigenvalue weighted by Crippen LogP contribution is 2.38. The van der Waals surface area contributed by atoms with Crippen LogP contribution < -0.4 is 0 Å². The predicted octanol–water partition coefficient (Wildman–Crippen LogP) is 7.38. The van der Waals surface area contributed by atoms with Gasteiger partial charge in [0.05, 0.1) is 11.1 Å². The fourth-order valence-electron chi connectivity index (χ4n) is 4.10. The van der Waals surface area contributed by atoms with E-state index in [1.807, 2.05) is 66.7 Å². The van der Waals surface area contributed by atoms with E-state index < -0.39 is 0 Å². The van der Waals surface area contributed by atoms with E-state index in [0.29, 0.717) is 11.5 Å². The summed E-state index contributed by atoms with van der Waals surface area (Å²) in [5, 5.41) is 1.97. The molecule has 0 unspecified atom stereocenters. The van der Waals surface area contributed by atoms with Crippen LogP contribution in [0, 0.1) is 0 Å². The van der Waals surface area contributed by atoms with Crippen molar-refractivity contribution in [1.82, 2.24) is 9.97 Å². The molecule has 2 aromatic heterocycles. The fourth-order valence-corrected chi connectivity index (χ4v) is 4.10. The van der Waals surface area contributed by atoms with Gasteiger partial charge in [0.1, 0.15) is 5.58 Å². The van der Waals surface area contributed by atoms with Crippen LogP contribution >= 0.6 is 0 Å². The standard InChI is InChI=1S/C28H18N2O/c1-3-11-19(12-4-1)21-15-7-8-16-22(21)27-29-26(20-13-5-2-6-14-20)25-23-17-9-10-18-24(23)31-28(25)30-27/h1-18H. The molecule has 0 saturated carbocycles. The Hall–Kier alpha value is -4.24. The largest absolute Gasteiger partial charge is 0.438 e. The van der Waals surface area contributed by atoms with Gasteiger partial charge in [-0.2, -0.15) is 4.98 Å². The lowest BCUT2D eigenvalue weighted by atomic mass is 9.99. The molecular formula is C28H18N2O. The van der Waals surface area contributed by atoms with Gasteiger partial charge in [-0.05, 0) is 17.2 Å². The van der Waals surface area contributed by atoms with Crippen LogP contribution in [-0.4, -0.2) is 9.97 Å². The van der Waals surface area contributed by atoms with Gasteiger partial charge in [-0.15, -0.1) is 0 Å². The smallest absolute Gasteiger partial charge is 0.231 e. The molecule has 3 nitrogen and oxygen atoms in total. The van der Waals surface area contributed by atoms with Crippen LogP contribution in [0.2, 0.25) is 0 Å². The Morgan fingerprint density at radius 1 is 0.516 bits per heavy atom. The van der Waals surface area contributed by atoms with E-state index in [2.05, 4.69) is 42.5 Å². The fraction of sp³-hybridized carbons (Fsp3) is 0. The van der Waals surface area contributed by atoms with Crippen molar-refractivity contribution in [1.29, 1.82) is 0 Å². The molecule has 146 valence electrons. The summed E-state index contributed by atoms with van der Waals surface area (Å²) >= 11 is 0. The van der Waals surface area contributed by atoms with E-state index in [1.54, 1.807) is 0 Å². The van der Waals surface area contributed by atoms with Crippen LogP contribution in [0.5, 0.6) is 0 Å². The monoisotopic (exact) mass is 398 g/mol. The van der Waals surface area contributed by atoms with Gasteiger partial charge in [0, 0.05) is 16.5 Å². The second kappa shape index (κ2) is 7.22. The Labute approximate surface area is 179 Å². The molecule has 0 amide bonds. The molecule has 0 fully saturated rings. The van der Waals surface area contributed by atoms with Gasteiger partial charge in [0.25, 0.3) is 0 Å². The molecule has 0 radical (unpaired) electrons. The molecule has 0 aliphatic heterocycles. The topological polar surface area (TPSA) is 38.9 Å². The minimum Gasteiger partial charge on any atom is -0.438 e. The van der Waals surface area contributed by atoms with Gasteiger partial charge in [-0.25, -0.2) is 4.98 Å². The Morgan fingerprint density at radius 3 is 1.90 bits per heavy atom. The van der Waals surface area contributed by atoms with Gasteiger partial charge < -0.3 is 4.42 Å². The first-order chi connectivity index (χ1) is 15.4. The Balaban J connectivity index is 1.68. The summed E-state index contributed by atoms with van der Waals surface area (Å²) in [5.41, 5.74) is 6.55. The predicted molar refractivity (Wildman–Crippen MR) is 126 cm³/mol. The third-order valence-corrected chi connectivity index (χ3v) is 5.54. The molecule has 4 aromatic carbocycles. The molecule has 0 saturated heterocycles. The number of furan rings is 1. The molecule has 3 heteroatoms. The second-order valence-electron chi connectivity index (χ2n) is 7.45. The van der Waals surface area contributed by atoms with Crippen LogP contribution in [0.4, 0.5) is 0 Å². The second-order valence-corrected chi connectivity index (χ2v) is 7.45. The maximum absolute atomic E-state index is 6.17. The minimum absolute atomic E-state index is 0.605. The van der Waals surface area contributed by atoms with Gasteiger partial charge >= 0.3 is 0 Å². The van der Waals surface area contributed by atoms with Crippen molar-refractivity contribution >= 4 is 22.1 Å². The van der Waals surface area contributed by atoms with Gasteiger partial charge in [-0.3, -0.25) is 0 Å². The van der Waals surface area contributed by atoms with Crippen LogP contribution in [0.15, 0.2) is 114 Å². The van der Waals surface area contributed by atoms with Crippen molar-refractivity contribution in [2.45, 2.75) is 0 Å². The summed E-state index contributed by atoms with van der Waals surface area (Å²) in [6.45, 7) is 0. The minimum atomic E-state index is 0.605. The number of rotatable bonds is 3. The zero-order chi connectivity index (χ0) is 20.6. The number of nitrogens with zero attached hydrogens (tertiary/aromatic N) is 2. The Morgan fingerprint density at radius 2 is 1.13 bits per heavy atom. The first kappa shape index (κ1) is 17.6. The summed E-state index contributed by atoms with van der Waals surface area (Å²) in [5.74, 6) is 0.657. The number of para-hydroxylation sites is 1. The van der Waals surface area contributed by atoms with Crippen molar-refractivity contribution in [3.05, 3.63) is 109 Å². The number of hydrogen-bond donors (Lipinski definition) is 0. The lowest BCUT2D eigenvalue weighted by Crippen LogP contribution is -1.95. The van der Waals surface area contributed by atoms with Gasteiger partial charge in [0.2, 0.25) is 5.71 Å². The van der Waals surface area contributed by atoms with Crippen LogP contribution in [0.1, 0.15) is 0 Å². The van der Waals surface area contributed by atoms with E-state index in [1.165, 1.54) is 0 Å². The molecule has 6 aromatic rings. The highest BCUT2D eigenvalue weighted by molar-refractivity contribution is 6.10. The highest BCUT2D eigenvalue weighted by Gasteiger charge is 2.19. The van der Waals surface area contributed by atoms with Crippen molar-refractivity contribution in [3.63, 3.8) is 0 Å². The van der Waals surface area contributed by atoms with E-state index in [9.17, 15) is 0 Å². The third-order valence-electron chi connectivity index (χ3n) is 5.54. The molecule has 31 heavy (non-hydrogen) atoms. The summed E-state index contributed by atoms with van der Waals surface area (Å²) in [6.07, 6.45) is 0. The molecule has 0 atom stereocenters. The lowest BCUT2D eigenvalue weighted by molar-refractivity contribution is 0.653. The maximum atomic E-state index is 6.17. The van der Waals surface area contributed by atoms with Crippen LogP contribution in [0.3, 0.4) is 0 Å². The normalized spacial score (nSPS) is 11.2. The number of fused-ring (bicyclic) bond motifs is 3. The Kier molecular flexibility index (Phi) is 4.10. The van der Waals surface area contributed by atoms with Gasteiger partial charge in [0.15, 0.2) is 5.82 Å². The SMILES string of the molecule is c1ccc(-c2ccccc2-c2nc(-c3ccccc3)c3c(n2)oc2ccccc23)cc1. The Bertz CT molecular complexity index is 1520. The van der Waals surface area contributed by atoms with E-state index in [4.69, 9.17) is 14.4 Å². The van der Waals surface area contributed by atoms with Crippen molar-refractivity contribution < 1.29 is 4.42 Å². The van der Waals surface area contributed by atoms with Crippen LogP contribution in [-0.2, 0) is 0 Å². The highest BCUT2D eigenvalue weighted by atomic mass is 16.3. The molecule has 6 rings (SSSR count). The van der Waals surface area contributed by atoms with Crippen molar-refractivity contribution in [2.75, 3.05) is 0 Å². The van der Waals surface area contributed by atoms with E-state index in [0.717, 1.165) is 44.3 Å². The average molecular weight is 398 g/mol. The summed E-state index contributed by atoms with van der Waals surface area (Å²) in [7, 11) is 0. The average Bonchev–Trinajstić information content (AvgIpc) is 3.23. The molecular weight excluding hydrogens is 380 g/mol. The van der Waals surface area contributed by atoms with Gasteiger partial charge in [-0.1, -0.05) is 103 Å². The molecule has 0 aliphatic carbocycles. The molecule has 0 spiro atoms. The first-order valence-electron chi connectivity index (χ1n) is 10.3. The lowest BCUT2D eigenvalue weighted by Gasteiger charge is -2.11. The molecule has 0 bridgehead atoms. The maximum Gasteiger partial charge on any atom is 0.231 e. The zero-order valence-electron chi connectivity index (χ0n) is 16.7.